The van der Waals surface area contributed by atoms with Gasteiger partial charge in [0.1, 0.15) is 12.1 Å². The van der Waals surface area contributed by atoms with Crippen molar-refractivity contribution in [2.75, 3.05) is 13.1 Å². The van der Waals surface area contributed by atoms with Gasteiger partial charge in [-0.3, -0.25) is 9.59 Å². The van der Waals surface area contributed by atoms with Crippen molar-refractivity contribution in [2.45, 2.75) is 77.3 Å². The Kier molecular flexibility index (Phi) is 10.3. The minimum absolute atomic E-state index is 0.0847. The molecule has 3 atom stereocenters. The largest absolute Gasteiger partial charge is 0.480 e. The number of sulfonamides is 1. The summed E-state index contributed by atoms with van der Waals surface area (Å²) in [6.45, 7) is 9.98. The number of aryl methyl sites for hydroxylation is 1. The SMILES string of the molecule is CC[C@H](C)[C@H](NC(=O)C1CCN(C(=O)[C@H](CC(C)C)NS(=O)(=O)c2ccc(C)cc2)CC1)C(=O)O. The van der Waals surface area contributed by atoms with E-state index in [9.17, 15) is 27.9 Å². The highest BCUT2D eigenvalue weighted by Gasteiger charge is 2.35. The van der Waals surface area contributed by atoms with Crippen LogP contribution in [0.1, 0.15) is 58.9 Å². The number of amides is 2. The minimum Gasteiger partial charge on any atom is -0.480 e. The van der Waals surface area contributed by atoms with E-state index in [0.717, 1.165) is 5.56 Å². The Bertz CT molecular complexity index is 985. The Morgan fingerprint density at radius 1 is 1.09 bits per heavy atom. The molecule has 2 amide bonds. The molecular weight excluding hydrogens is 470 g/mol. The van der Waals surface area contributed by atoms with Gasteiger partial charge in [-0.1, -0.05) is 51.8 Å². The molecule has 3 N–H and O–H groups in total. The first-order valence-electron chi connectivity index (χ1n) is 12.3. The lowest BCUT2D eigenvalue weighted by Gasteiger charge is -2.35. The summed E-state index contributed by atoms with van der Waals surface area (Å²) >= 11 is 0. The van der Waals surface area contributed by atoms with Gasteiger partial charge in [0.05, 0.1) is 4.90 Å². The Morgan fingerprint density at radius 3 is 2.14 bits per heavy atom. The molecule has 0 aromatic heterocycles. The Balaban J connectivity index is 2.05. The van der Waals surface area contributed by atoms with E-state index in [-0.39, 0.29) is 28.5 Å². The van der Waals surface area contributed by atoms with Gasteiger partial charge in [-0.25, -0.2) is 13.2 Å². The summed E-state index contributed by atoms with van der Waals surface area (Å²) in [5.74, 6) is -2.19. The number of carbonyl (C=O) groups is 3. The number of likely N-dealkylation sites (tertiary alicyclic amines) is 1. The van der Waals surface area contributed by atoms with Crippen LogP contribution in [0.15, 0.2) is 29.2 Å². The van der Waals surface area contributed by atoms with Crippen LogP contribution in [0.4, 0.5) is 0 Å². The molecule has 0 saturated carbocycles. The molecule has 0 spiro atoms. The average Bonchev–Trinajstić information content (AvgIpc) is 2.80. The predicted octanol–water partition coefficient (Wildman–Crippen LogP) is 2.54. The monoisotopic (exact) mass is 509 g/mol. The second-order valence-corrected chi connectivity index (χ2v) is 11.6. The summed E-state index contributed by atoms with van der Waals surface area (Å²) in [6.07, 6.45) is 1.76. The van der Waals surface area contributed by atoms with Crippen LogP contribution in [-0.2, 0) is 24.4 Å². The predicted molar refractivity (Wildman–Crippen MR) is 133 cm³/mol. The third-order valence-electron chi connectivity index (χ3n) is 6.59. The van der Waals surface area contributed by atoms with E-state index in [0.29, 0.717) is 38.8 Å². The van der Waals surface area contributed by atoms with Crippen LogP contribution >= 0.6 is 0 Å². The van der Waals surface area contributed by atoms with Gasteiger partial charge in [0.25, 0.3) is 0 Å². The molecule has 196 valence electrons. The molecule has 1 aliphatic rings. The molecule has 35 heavy (non-hydrogen) atoms. The number of hydrogen-bond donors (Lipinski definition) is 3. The lowest BCUT2D eigenvalue weighted by Crippen LogP contribution is -2.53. The minimum atomic E-state index is -3.88. The zero-order chi connectivity index (χ0) is 26.3. The molecule has 1 aromatic carbocycles. The first kappa shape index (κ1) is 28.8. The highest BCUT2D eigenvalue weighted by Crippen LogP contribution is 2.21. The van der Waals surface area contributed by atoms with Crippen molar-refractivity contribution < 1.29 is 27.9 Å². The van der Waals surface area contributed by atoms with E-state index in [2.05, 4.69) is 10.0 Å². The second kappa shape index (κ2) is 12.5. The maximum atomic E-state index is 13.3. The fourth-order valence-corrected chi connectivity index (χ4v) is 5.38. The van der Waals surface area contributed by atoms with Crippen LogP contribution in [0.3, 0.4) is 0 Å². The van der Waals surface area contributed by atoms with Crippen molar-refractivity contribution in [3.63, 3.8) is 0 Å². The van der Waals surface area contributed by atoms with Gasteiger partial charge in [0.15, 0.2) is 0 Å². The molecule has 2 rings (SSSR count). The Labute approximate surface area is 208 Å². The summed E-state index contributed by atoms with van der Waals surface area (Å²) in [6, 6.07) is 4.59. The fourth-order valence-electron chi connectivity index (χ4n) is 4.18. The van der Waals surface area contributed by atoms with Crippen LogP contribution in [-0.4, -0.2) is 61.4 Å². The van der Waals surface area contributed by atoms with Crippen LogP contribution in [0.2, 0.25) is 0 Å². The number of piperidine rings is 1. The number of aliphatic carboxylic acids is 1. The number of nitrogens with one attached hydrogen (secondary N) is 2. The smallest absolute Gasteiger partial charge is 0.326 e. The Hall–Kier alpha value is -2.46. The topological polar surface area (TPSA) is 133 Å². The Morgan fingerprint density at radius 2 is 1.66 bits per heavy atom. The molecule has 1 saturated heterocycles. The molecule has 1 aromatic rings. The molecule has 0 aliphatic carbocycles. The fraction of sp³-hybridized carbons (Fsp3) is 0.640. The average molecular weight is 510 g/mol. The summed E-state index contributed by atoms with van der Waals surface area (Å²) in [5.41, 5.74) is 0.935. The molecule has 1 heterocycles. The first-order chi connectivity index (χ1) is 16.4. The number of carboxylic acid groups (broad SMARTS) is 1. The lowest BCUT2D eigenvalue weighted by molar-refractivity contribution is -0.144. The molecule has 1 fully saturated rings. The van der Waals surface area contributed by atoms with E-state index in [4.69, 9.17) is 0 Å². The van der Waals surface area contributed by atoms with Gasteiger partial charge in [0, 0.05) is 19.0 Å². The molecule has 0 radical (unpaired) electrons. The molecule has 9 nitrogen and oxygen atoms in total. The lowest BCUT2D eigenvalue weighted by atomic mass is 9.93. The maximum absolute atomic E-state index is 13.3. The third-order valence-corrected chi connectivity index (χ3v) is 8.08. The summed E-state index contributed by atoms with van der Waals surface area (Å²) in [5, 5.41) is 12.1. The number of carbonyl (C=O) groups excluding carboxylic acids is 2. The van der Waals surface area contributed by atoms with Crippen LogP contribution < -0.4 is 10.0 Å². The maximum Gasteiger partial charge on any atom is 0.326 e. The standard InChI is InChI=1S/C25H39N3O6S/c1-6-18(5)22(25(31)32)26-23(29)19-11-13-28(14-12-19)24(30)21(15-16(2)3)27-35(33,34)20-9-7-17(4)8-10-20/h7-10,16,18-19,21-22,27H,6,11-15H2,1-5H3,(H,26,29)(H,31,32)/t18-,21-,22-/m0/s1. The van der Waals surface area contributed by atoms with Crippen LogP contribution in [0, 0.1) is 24.7 Å². The third kappa shape index (κ3) is 8.03. The second-order valence-electron chi connectivity index (χ2n) is 9.93. The van der Waals surface area contributed by atoms with Crippen molar-refractivity contribution in [3.8, 4) is 0 Å². The van der Waals surface area contributed by atoms with Crippen LogP contribution in [0.5, 0.6) is 0 Å². The van der Waals surface area contributed by atoms with Crippen LogP contribution in [0.25, 0.3) is 0 Å². The molecule has 0 bridgehead atoms. The van der Waals surface area contributed by atoms with Crippen molar-refractivity contribution >= 4 is 27.8 Å². The molecular formula is C25H39N3O6S. The van der Waals surface area contributed by atoms with Crippen molar-refractivity contribution in [1.82, 2.24) is 14.9 Å². The van der Waals surface area contributed by atoms with E-state index in [1.54, 1.807) is 24.0 Å². The van der Waals surface area contributed by atoms with E-state index < -0.39 is 34.0 Å². The number of rotatable bonds is 11. The van der Waals surface area contributed by atoms with E-state index in [1.165, 1.54) is 12.1 Å². The normalized spacial score (nSPS) is 17.6. The van der Waals surface area contributed by atoms with Crippen molar-refractivity contribution in [3.05, 3.63) is 29.8 Å². The van der Waals surface area contributed by atoms with Gasteiger partial charge in [-0.15, -0.1) is 0 Å². The summed E-state index contributed by atoms with van der Waals surface area (Å²) in [7, 11) is -3.88. The van der Waals surface area contributed by atoms with Gasteiger partial charge < -0.3 is 15.3 Å². The number of carboxylic acids is 1. The summed E-state index contributed by atoms with van der Waals surface area (Å²) in [4.78, 5) is 39.2. The zero-order valence-corrected chi connectivity index (χ0v) is 22.1. The van der Waals surface area contributed by atoms with E-state index in [1.807, 2.05) is 27.7 Å². The van der Waals surface area contributed by atoms with Gasteiger partial charge >= 0.3 is 5.97 Å². The van der Waals surface area contributed by atoms with Crippen molar-refractivity contribution in [2.24, 2.45) is 17.8 Å². The first-order valence-corrected chi connectivity index (χ1v) is 13.7. The number of benzene rings is 1. The summed E-state index contributed by atoms with van der Waals surface area (Å²) < 4.78 is 28.4. The molecule has 10 heteroatoms. The van der Waals surface area contributed by atoms with E-state index >= 15 is 0 Å². The highest BCUT2D eigenvalue weighted by atomic mass is 32.2. The van der Waals surface area contributed by atoms with Gasteiger partial charge in [-0.05, 0) is 50.2 Å². The molecule has 0 unspecified atom stereocenters. The van der Waals surface area contributed by atoms with Crippen molar-refractivity contribution in [1.29, 1.82) is 0 Å². The molecule has 1 aliphatic heterocycles. The number of nitrogens with zero attached hydrogens (tertiary/aromatic N) is 1. The van der Waals surface area contributed by atoms with Gasteiger partial charge in [0.2, 0.25) is 21.8 Å². The van der Waals surface area contributed by atoms with Gasteiger partial charge in [-0.2, -0.15) is 4.72 Å². The zero-order valence-electron chi connectivity index (χ0n) is 21.3. The quantitative estimate of drug-likeness (QED) is 0.420. The highest BCUT2D eigenvalue weighted by molar-refractivity contribution is 7.89. The number of hydrogen-bond acceptors (Lipinski definition) is 5.